The van der Waals surface area contributed by atoms with Crippen molar-refractivity contribution in [3.8, 4) is 6.07 Å². The van der Waals surface area contributed by atoms with E-state index in [1.165, 1.54) is 0 Å². The first kappa shape index (κ1) is 7.35. The Morgan fingerprint density at radius 1 is 1.50 bits per heavy atom. The molecule has 1 aliphatic carbocycles. The first-order valence-corrected chi connectivity index (χ1v) is 4.04. The molecule has 0 unspecified atom stereocenters. The molecule has 3 heteroatoms. The zero-order valence-electron chi connectivity index (χ0n) is 7.22. The number of aromatic nitrogens is 1. The van der Waals surface area contributed by atoms with Crippen LogP contribution in [0.2, 0.25) is 0 Å². The third-order valence-electron chi connectivity index (χ3n) is 2.48. The molecule has 0 radical (unpaired) electrons. The molecule has 0 bridgehead atoms. The highest BCUT2D eigenvalue weighted by Crippen LogP contribution is 2.49. The van der Waals surface area contributed by atoms with Crippen molar-refractivity contribution in [3.05, 3.63) is 17.0 Å². The van der Waals surface area contributed by atoms with E-state index in [-0.39, 0.29) is 5.41 Å². The molecule has 1 aromatic rings. The highest BCUT2D eigenvalue weighted by atomic mass is 16.5. The Morgan fingerprint density at radius 2 is 2.17 bits per heavy atom. The van der Waals surface area contributed by atoms with E-state index in [1.54, 1.807) is 0 Å². The van der Waals surface area contributed by atoms with Crippen LogP contribution in [0.3, 0.4) is 0 Å². The standard InChI is InChI=1S/C9H10N2O/c1-6-8(7(2)12-11-6)9(5-10)3-4-9/h3-4H2,1-2H3. The second-order valence-electron chi connectivity index (χ2n) is 3.39. The summed E-state index contributed by atoms with van der Waals surface area (Å²) in [7, 11) is 0. The Labute approximate surface area is 71.0 Å². The summed E-state index contributed by atoms with van der Waals surface area (Å²) in [5.74, 6) is 0.798. The normalized spacial score (nSPS) is 18.8. The lowest BCUT2D eigenvalue weighted by atomic mass is 9.96. The molecule has 1 fully saturated rings. The molecule has 0 saturated heterocycles. The summed E-state index contributed by atoms with van der Waals surface area (Å²) in [5.41, 5.74) is 1.63. The Bertz CT molecular complexity index is 336. The van der Waals surface area contributed by atoms with Crippen LogP contribution in [-0.2, 0) is 5.41 Å². The van der Waals surface area contributed by atoms with Gasteiger partial charge >= 0.3 is 0 Å². The van der Waals surface area contributed by atoms with Crippen LogP contribution < -0.4 is 0 Å². The van der Waals surface area contributed by atoms with E-state index in [9.17, 15) is 0 Å². The van der Waals surface area contributed by atoms with Crippen LogP contribution in [0.15, 0.2) is 4.52 Å². The summed E-state index contributed by atoms with van der Waals surface area (Å²) in [6, 6.07) is 2.34. The molecule has 3 nitrogen and oxygen atoms in total. The van der Waals surface area contributed by atoms with Gasteiger partial charge in [0.15, 0.2) is 0 Å². The molecular weight excluding hydrogens is 152 g/mol. The topological polar surface area (TPSA) is 49.8 Å². The third-order valence-corrected chi connectivity index (χ3v) is 2.48. The third kappa shape index (κ3) is 0.781. The molecule has 2 rings (SSSR count). The quantitative estimate of drug-likeness (QED) is 0.633. The zero-order chi connectivity index (χ0) is 8.77. The van der Waals surface area contributed by atoms with Gasteiger partial charge in [-0.3, -0.25) is 0 Å². The van der Waals surface area contributed by atoms with Crippen LogP contribution >= 0.6 is 0 Å². The molecule has 0 atom stereocenters. The van der Waals surface area contributed by atoms with Crippen LogP contribution in [0.5, 0.6) is 0 Å². The van der Waals surface area contributed by atoms with Gasteiger partial charge < -0.3 is 4.52 Å². The molecule has 0 amide bonds. The van der Waals surface area contributed by atoms with Gasteiger partial charge in [0, 0.05) is 5.56 Å². The van der Waals surface area contributed by atoms with Crippen molar-refractivity contribution in [1.29, 1.82) is 5.26 Å². The first-order chi connectivity index (χ1) is 5.69. The summed E-state index contributed by atoms with van der Waals surface area (Å²) < 4.78 is 5.02. The molecular formula is C9H10N2O. The van der Waals surface area contributed by atoms with Crippen molar-refractivity contribution in [1.82, 2.24) is 5.16 Å². The molecule has 1 aliphatic rings. The van der Waals surface area contributed by atoms with Crippen LogP contribution in [-0.4, -0.2) is 5.16 Å². The summed E-state index contributed by atoms with van der Waals surface area (Å²) in [6.07, 6.45) is 1.90. The predicted molar refractivity (Wildman–Crippen MR) is 42.5 cm³/mol. The Morgan fingerprint density at radius 3 is 2.50 bits per heavy atom. The van der Waals surface area contributed by atoms with Crippen molar-refractivity contribution in [2.45, 2.75) is 32.1 Å². The van der Waals surface area contributed by atoms with Crippen LogP contribution in [0.25, 0.3) is 0 Å². The minimum atomic E-state index is -0.256. The predicted octanol–water partition coefficient (Wildman–Crippen LogP) is 1.85. The molecule has 1 aromatic heterocycles. The van der Waals surface area contributed by atoms with Crippen molar-refractivity contribution in [3.63, 3.8) is 0 Å². The van der Waals surface area contributed by atoms with E-state index in [1.807, 2.05) is 13.8 Å². The molecule has 0 aliphatic heterocycles. The fourth-order valence-corrected chi connectivity index (χ4v) is 1.71. The van der Waals surface area contributed by atoms with Gasteiger partial charge in [0.1, 0.15) is 5.76 Å². The van der Waals surface area contributed by atoms with Crippen molar-refractivity contribution >= 4 is 0 Å². The summed E-state index contributed by atoms with van der Waals surface area (Å²) in [6.45, 7) is 3.76. The van der Waals surface area contributed by atoms with Gasteiger partial charge in [-0.25, -0.2) is 0 Å². The van der Waals surface area contributed by atoms with E-state index in [4.69, 9.17) is 9.78 Å². The zero-order valence-corrected chi connectivity index (χ0v) is 7.22. The number of nitrogens with zero attached hydrogens (tertiary/aromatic N) is 2. The van der Waals surface area contributed by atoms with E-state index in [2.05, 4.69) is 11.2 Å². The van der Waals surface area contributed by atoms with Gasteiger partial charge in [-0.1, -0.05) is 5.16 Å². The van der Waals surface area contributed by atoms with Crippen LogP contribution in [0.4, 0.5) is 0 Å². The van der Waals surface area contributed by atoms with Crippen molar-refractivity contribution in [2.24, 2.45) is 0 Å². The van der Waals surface area contributed by atoms with E-state index >= 15 is 0 Å². The molecule has 1 saturated carbocycles. The van der Waals surface area contributed by atoms with Gasteiger partial charge in [0.05, 0.1) is 17.2 Å². The molecule has 0 N–H and O–H groups in total. The monoisotopic (exact) mass is 162 g/mol. The second-order valence-corrected chi connectivity index (χ2v) is 3.39. The minimum absolute atomic E-state index is 0.256. The summed E-state index contributed by atoms with van der Waals surface area (Å²) >= 11 is 0. The molecule has 1 heterocycles. The molecule has 0 aromatic carbocycles. The second kappa shape index (κ2) is 2.10. The SMILES string of the molecule is Cc1noc(C)c1C1(C#N)CC1. The Balaban J connectivity index is 2.54. The maximum absolute atomic E-state index is 8.96. The average Bonchev–Trinajstić information content (AvgIpc) is 2.77. The molecule has 0 spiro atoms. The smallest absolute Gasteiger partial charge is 0.138 e. The lowest BCUT2D eigenvalue weighted by Crippen LogP contribution is -2.04. The van der Waals surface area contributed by atoms with Crippen molar-refractivity contribution in [2.75, 3.05) is 0 Å². The van der Waals surface area contributed by atoms with Gasteiger partial charge in [-0.15, -0.1) is 0 Å². The van der Waals surface area contributed by atoms with Gasteiger partial charge in [0.2, 0.25) is 0 Å². The maximum Gasteiger partial charge on any atom is 0.138 e. The van der Waals surface area contributed by atoms with Crippen molar-refractivity contribution < 1.29 is 4.52 Å². The number of nitriles is 1. The van der Waals surface area contributed by atoms with Gasteiger partial charge in [-0.05, 0) is 26.7 Å². The number of hydrogen-bond donors (Lipinski definition) is 0. The van der Waals surface area contributed by atoms with E-state index < -0.39 is 0 Å². The minimum Gasteiger partial charge on any atom is -0.361 e. The largest absolute Gasteiger partial charge is 0.361 e. The van der Waals surface area contributed by atoms with Gasteiger partial charge in [-0.2, -0.15) is 5.26 Å². The first-order valence-electron chi connectivity index (χ1n) is 4.04. The van der Waals surface area contributed by atoms with Gasteiger partial charge in [0.25, 0.3) is 0 Å². The lowest BCUT2D eigenvalue weighted by Gasteiger charge is -2.02. The molecule has 62 valence electrons. The Kier molecular flexibility index (Phi) is 1.29. The number of rotatable bonds is 1. The maximum atomic E-state index is 8.96. The van der Waals surface area contributed by atoms with E-state index in [0.717, 1.165) is 29.9 Å². The average molecular weight is 162 g/mol. The van der Waals surface area contributed by atoms with Crippen LogP contribution in [0.1, 0.15) is 29.9 Å². The fourth-order valence-electron chi connectivity index (χ4n) is 1.71. The highest BCUT2D eigenvalue weighted by Gasteiger charge is 2.48. The lowest BCUT2D eigenvalue weighted by molar-refractivity contribution is 0.391. The summed E-state index contributed by atoms with van der Waals surface area (Å²) in [5, 5.41) is 12.8. The number of hydrogen-bond acceptors (Lipinski definition) is 3. The summed E-state index contributed by atoms with van der Waals surface area (Å²) in [4.78, 5) is 0. The van der Waals surface area contributed by atoms with Crippen LogP contribution in [0, 0.1) is 25.2 Å². The Hall–Kier alpha value is -1.30. The molecule has 12 heavy (non-hydrogen) atoms. The fraction of sp³-hybridized carbons (Fsp3) is 0.556. The number of aryl methyl sites for hydroxylation is 2. The highest BCUT2D eigenvalue weighted by molar-refractivity contribution is 5.42. The van der Waals surface area contributed by atoms with E-state index in [0.29, 0.717) is 0 Å².